The highest BCUT2D eigenvalue weighted by atomic mass is 35.5. The summed E-state index contributed by atoms with van der Waals surface area (Å²) in [6.07, 6.45) is 2.89. The molecule has 1 heterocycles. The van der Waals surface area contributed by atoms with Gasteiger partial charge in [0.05, 0.1) is 6.04 Å². The Balaban J connectivity index is 2.07. The highest BCUT2D eigenvalue weighted by Crippen LogP contribution is 2.24. The molecule has 2 nitrogen and oxygen atoms in total. The van der Waals surface area contributed by atoms with E-state index < -0.39 is 0 Å². The summed E-state index contributed by atoms with van der Waals surface area (Å²) >= 11 is 7.60. The molecular formula is C14H17ClN2S. The van der Waals surface area contributed by atoms with Crippen LogP contribution in [-0.2, 0) is 0 Å². The fourth-order valence-corrected chi connectivity index (χ4v) is 2.75. The van der Waals surface area contributed by atoms with Gasteiger partial charge in [-0.15, -0.1) is 11.3 Å². The smallest absolute Gasteiger partial charge is 0.109 e. The molecule has 0 aliphatic heterocycles. The Kier molecular flexibility index (Phi) is 4.75. The van der Waals surface area contributed by atoms with Gasteiger partial charge in [-0.3, -0.25) is 0 Å². The molecule has 0 spiro atoms. The van der Waals surface area contributed by atoms with Crippen LogP contribution in [0.2, 0.25) is 5.02 Å². The lowest BCUT2D eigenvalue weighted by molar-refractivity contribution is 0.455. The van der Waals surface area contributed by atoms with Gasteiger partial charge in [0, 0.05) is 22.6 Å². The minimum Gasteiger partial charge on any atom is -0.301 e. The Hall–Kier alpha value is -0.900. The molecule has 0 fully saturated rings. The van der Waals surface area contributed by atoms with Gasteiger partial charge in [0.1, 0.15) is 5.01 Å². The van der Waals surface area contributed by atoms with Crippen LogP contribution in [0.1, 0.15) is 42.9 Å². The topological polar surface area (TPSA) is 24.9 Å². The first kappa shape index (κ1) is 13.5. The van der Waals surface area contributed by atoms with Crippen molar-refractivity contribution >= 4 is 22.9 Å². The number of benzene rings is 1. The van der Waals surface area contributed by atoms with Crippen molar-refractivity contribution in [2.45, 2.75) is 32.4 Å². The molecular weight excluding hydrogens is 264 g/mol. The van der Waals surface area contributed by atoms with Gasteiger partial charge >= 0.3 is 0 Å². The zero-order valence-corrected chi connectivity index (χ0v) is 12.1. The van der Waals surface area contributed by atoms with Gasteiger partial charge in [-0.05, 0) is 31.0 Å². The van der Waals surface area contributed by atoms with Crippen LogP contribution < -0.4 is 5.32 Å². The van der Waals surface area contributed by atoms with E-state index in [0.717, 1.165) is 16.5 Å². The van der Waals surface area contributed by atoms with E-state index in [9.17, 15) is 0 Å². The van der Waals surface area contributed by atoms with Gasteiger partial charge in [-0.1, -0.05) is 30.7 Å². The normalized spacial score (nSPS) is 14.4. The van der Waals surface area contributed by atoms with E-state index in [1.807, 2.05) is 23.7 Å². The van der Waals surface area contributed by atoms with E-state index in [-0.39, 0.29) is 6.04 Å². The maximum atomic E-state index is 5.92. The summed E-state index contributed by atoms with van der Waals surface area (Å²) in [7, 11) is 0. The van der Waals surface area contributed by atoms with Gasteiger partial charge in [0.2, 0.25) is 0 Å². The van der Waals surface area contributed by atoms with Crippen LogP contribution in [0.4, 0.5) is 0 Å². The van der Waals surface area contributed by atoms with Crippen LogP contribution >= 0.6 is 22.9 Å². The third-order valence-corrected chi connectivity index (χ3v) is 4.16. The fourth-order valence-electron chi connectivity index (χ4n) is 1.97. The standard InChI is InChI=1S/C14H17ClN2S/c1-3-13(11-4-6-12(15)7-5-11)17-10(2)14-16-8-9-18-14/h4-10,13,17H,3H2,1-2H3. The highest BCUT2D eigenvalue weighted by molar-refractivity contribution is 7.09. The summed E-state index contributed by atoms with van der Waals surface area (Å²) < 4.78 is 0. The van der Waals surface area contributed by atoms with Crippen molar-refractivity contribution in [1.82, 2.24) is 10.3 Å². The summed E-state index contributed by atoms with van der Waals surface area (Å²) in [5, 5.41) is 7.53. The molecule has 0 amide bonds. The molecule has 1 N–H and O–H groups in total. The Labute approximate surface area is 117 Å². The largest absolute Gasteiger partial charge is 0.301 e. The van der Waals surface area contributed by atoms with Crippen molar-refractivity contribution < 1.29 is 0 Å². The summed E-state index contributed by atoms with van der Waals surface area (Å²) in [4.78, 5) is 4.35. The van der Waals surface area contributed by atoms with Crippen LogP contribution in [0.5, 0.6) is 0 Å². The van der Waals surface area contributed by atoms with E-state index in [1.165, 1.54) is 5.56 Å². The van der Waals surface area contributed by atoms with E-state index in [1.54, 1.807) is 11.3 Å². The molecule has 4 heteroatoms. The SMILES string of the molecule is CCC(NC(C)c1nccs1)c1ccc(Cl)cc1. The maximum absolute atomic E-state index is 5.92. The van der Waals surface area contributed by atoms with Gasteiger partial charge < -0.3 is 5.32 Å². The fraction of sp³-hybridized carbons (Fsp3) is 0.357. The zero-order valence-electron chi connectivity index (χ0n) is 10.6. The molecule has 0 aliphatic rings. The first-order valence-electron chi connectivity index (χ1n) is 6.11. The maximum Gasteiger partial charge on any atom is 0.109 e. The number of hydrogen-bond donors (Lipinski definition) is 1. The number of nitrogens with one attached hydrogen (secondary N) is 1. The first-order valence-corrected chi connectivity index (χ1v) is 7.37. The van der Waals surface area contributed by atoms with Crippen molar-refractivity contribution in [3.63, 3.8) is 0 Å². The minimum absolute atomic E-state index is 0.269. The molecule has 0 saturated carbocycles. The van der Waals surface area contributed by atoms with Crippen LogP contribution in [0.25, 0.3) is 0 Å². The van der Waals surface area contributed by atoms with Crippen molar-refractivity contribution in [2.75, 3.05) is 0 Å². The average Bonchev–Trinajstić information content (AvgIpc) is 2.91. The lowest BCUT2D eigenvalue weighted by Crippen LogP contribution is -2.24. The lowest BCUT2D eigenvalue weighted by atomic mass is 10.0. The predicted octanol–water partition coefficient (Wildman–Crippen LogP) is 4.60. The Morgan fingerprint density at radius 1 is 1.33 bits per heavy atom. The number of nitrogens with zero attached hydrogens (tertiary/aromatic N) is 1. The Morgan fingerprint density at radius 3 is 2.61 bits per heavy atom. The molecule has 2 unspecified atom stereocenters. The zero-order chi connectivity index (χ0) is 13.0. The van der Waals surface area contributed by atoms with Gasteiger partial charge in [0.15, 0.2) is 0 Å². The molecule has 2 aromatic rings. The Morgan fingerprint density at radius 2 is 2.06 bits per heavy atom. The summed E-state index contributed by atoms with van der Waals surface area (Å²) in [6.45, 7) is 4.33. The predicted molar refractivity (Wildman–Crippen MR) is 78.1 cm³/mol. The van der Waals surface area contributed by atoms with E-state index in [2.05, 4.69) is 36.3 Å². The van der Waals surface area contributed by atoms with Gasteiger partial charge in [-0.25, -0.2) is 4.98 Å². The number of rotatable bonds is 5. The summed E-state index contributed by atoms with van der Waals surface area (Å²) in [5.41, 5.74) is 1.27. The van der Waals surface area contributed by atoms with Crippen molar-refractivity contribution in [1.29, 1.82) is 0 Å². The second kappa shape index (κ2) is 6.32. The van der Waals surface area contributed by atoms with Gasteiger partial charge in [-0.2, -0.15) is 0 Å². The molecule has 2 rings (SSSR count). The molecule has 0 bridgehead atoms. The monoisotopic (exact) mass is 280 g/mol. The minimum atomic E-state index is 0.269. The molecule has 1 aromatic carbocycles. The molecule has 18 heavy (non-hydrogen) atoms. The number of halogens is 1. The van der Waals surface area contributed by atoms with E-state index >= 15 is 0 Å². The summed E-state index contributed by atoms with van der Waals surface area (Å²) in [5.74, 6) is 0. The van der Waals surface area contributed by atoms with Crippen molar-refractivity contribution in [3.05, 3.63) is 51.4 Å². The molecule has 0 saturated heterocycles. The van der Waals surface area contributed by atoms with Crippen LogP contribution in [-0.4, -0.2) is 4.98 Å². The highest BCUT2D eigenvalue weighted by Gasteiger charge is 2.15. The second-order valence-corrected chi connectivity index (χ2v) is 5.63. The van der Waals surface area contributed by atoms with E-state index in [0.29, 0.717) is 6.04 Å². The Bertz CT molecular complexity index is 467. The van der Waals surface area contributed by atoms with Crippen molar-refractivity contribution in [2.24, 2.45) is 0 Å². The molecule has 0 aliphatic carbocycles. The van der Waals surface area contributed by atoms with Crippen LogP contribution in [0.15, 0.2) is 35.8 Å². The third-order valence-electron chi connectivity index (χ3n) is 2.95. The third kappa shape index (κ3) is 3.31. The first-order chi connectivity index (χ1) is 8.70. The average molecular weight is 281 g/mol. The quantitative estimate of drug-likeness (QED) is 0.866. The molecule has 0 radical (unpaired) electrons. The van der Waals surface area contributed by atoms with Gasteiger partial charge in [0.25, 0.3) is 0 Å². The number of aromatic nitrogens is 1. The molecule has 2 atom stereocenters. The summed E-state index contributed by atoms with van der Waals surface area (Å²) in [6, 6.07) is 8.65. The lowest BCUT2D eigenvalue weighted by Gasteiger charge is -2.21. The molecule has 96 valence electrons. The van der Waals surface area contributed by atoms with Crippen LogP contribution in [0.3, 0.4) is 0 Å². The number of thiazole rings is 1. The van der Waals surface area contributed by atoms with E-state index in [4.69, 9.17) is 11.6 Å². The van der Waals surface area contributed by atoms with Crippen molar-refractivity contribution in [3.8, 4) is 0 Å². The number of hydrogen-bond acceptors (Lipinski definition) is 3. The van der Waals surface area contributed by atoms with Crippen LogP contribution in [0, 0.1) is 0 Å². The molecule has 1 aromatic heterocycles. The second-order valence-electron chi connectivity index (χ2n) is 4.27.